The number of nitrogens with two attached hydrogens (primary N) is 2. The summed E-state index contributed by atoms with van der Waals surface area (Å²) in [5.74, 6) is 1.27. The van der Waals surface area contributed by atoms with Crippen molar-refractivity contribution in [3.63, 3.8) is 0 Å². The Hall–Kier alpha value is -0.600. The lowest BCUT2D eigenvalue weighted by molar-refractivity contribution is 0.450. The Morgan fingerprint density at radius 2 is 2.08 bits per heavy atom. The van der Waals surface area contributed by atoms with Gasteiger partial charge in [0.15, 0.2) is 0 Å². The highest BCUT2D eigenvalue weighted by molar-refractivity contribution is 5.20. The van der Waals surface area contributed by atoms with E-state index in [-0.39, 0.29) is 6.17 Å². The molecule has 2 heteroatoms. The zero-order valence-electron chi connectivity index (χ0n) is 7.83. The monoisotopic (exact) mass is 166 g/mol. The zero-order chi connectivity index (χ0) is 9.14. The van der Waals surface area contributed by atoms with Crippen LogP contribution in [0.2, 0.25) is 0 Å². The molecule has 2 atom stereocenters. The third-order valence-corrected chi connectivity index (χ3v) is 2.61. The Bertz CT molecular complexity index is 204. The van der Waals surface area contributed by atoms with E-state index in [1.165, 1.54) is 0 Å². The van der Waals surface area contributed by atoms with Crippen LogP contribution in [0, 0.1) is 11.8 Å². The fraction of sp³-hybridized carbons (Fsp3) is 0.600. The summed E-state index contributed by atoms with van der Waals surface area (Å²) in [6, 6.07) is 0. The van der Waals surface area contributed by atoms with Crippen LogP contribution in [0.15, 0.2) is 23.8 Å². The Morgan fingerprint density at radius 1 is 1.42 bits per heavy atom. The van der Waals surface area contributed by atoms with E-state index in [0.717, 1.165) is 12.0 Å². The van der Waals surface area contributed by atoms with Gasteiger partial charge in [-0.1, -0.05) is 32.1 Å². The summed E-state index contributed by atoms with van der Waals surface area (Å²) in [6.45, 7) is 4.45. The smallest absolute Gasteiger partial charge is 0.0746 e. The average molecular weight is 166 g/mol. The van der Waals surface area contributed by atoms with Crippen molar-refractivity contribution in [3.05, 3.63) is 23.8 Å². The molecular formula is C10H18N2. The van der Waals surface area contributed by atoms with Crippen LogP contribution < -0.4 is 11.5 Å². The number of allylic oxidation sites excluding steroid dienone is 3. The number of hydrogen-bond donors (Lipinski definition) is 2. The van der Waals surface area contributed by atoms with Crippen LogP contribution in [0.1, 0.15) is 20.3 Å². The first-order valence-electron chi connectivity index (χ1n) is 4.49. The Balaban J connectivity index is 2.70. The van der Waals surface area contributed by atoms with Crippen LogP contribution >= 0.6 is 0 Å². The SMILES string of the molecule is CC1C=CC=C(C(N)N)C[C@H]1C. The summed E-state index contributed by atoms with van der Waals surface area (Å²) in [5.41, 5.74) is 12.4. The highest BCUT2D eigenvalue weighted by Gasteiger charge is 2.15. The van der Waals surface area contributed by atoms with Gasteiger partial charge in [-0.3, -0.25) is 0 Å². The summed E-state index contributed by atoms with van der Waals surface area (Å²) >= 11 is 0. The van der Waals surface area contributed by atoms with Crippen molar-refractivity contribution < 1.29 is 0 Å². The second-order valence-electron chi connectivity index (χ2n) is 3.69. The third kappa shape index (κ3) is 2.19. The van der Waals surface area contributed by atoms with Gasteiger partial charge in [-0.25, -0.2) is 0 Å². The van der Waals surface area contributed by atoms with Crippen LogP contribution in [0.4, 0.5) is 0 Å². The molecular weight excluding hydrogens is 148 g/mol. The minimum absolute atomic E-state index is 0.289. The molecule has 0 aliphatic heterocycles. The Labute approximate surface area is 74.3 Å². The lowest BCUT2D eigenvalue weighted by Crippen LogP contribution is -2.33. The van der Waals surface area contributed by atoms with Gasteiger partial charge in [-0.05, 0) is 23.8 Å². The molecule has 0 amide bonds. The van der Waals surface area contributed by atoms with Crippen molar-refractivity contribution in [1.29, 1.82) is 0 Å². The minimum Gasteiger partial charge on any atom is -0.313 e. The predicted octanol–water partition coefficient (Wildman–Crippen LogP) is 1.39. The molecule has 0 saturated heterocycles. The highest BCUT2D eigenvalue weighted by Crippen LogP contribution is 2.24. The summed E-state index contributed by atoms with van der Waals surface area (Å²) in [7, 11) is 0. The van der Waals surface area contributed by atoms with E-state index < -0.39 is 0 Å². The summed E-state index contributed by atoms with van der Waals surface area (Å²) in [4.78, 5) is 0. The lowest BCUT2D eigenvalue weighted by Gasteiger charge is -2.17. The topological polar surface area (TPSA) is 52.0 Å². The Morgan fingerprint density at radius 3 is 2.67 bits per heavy atom. The molecule has 1 aliphatic rings. The van der Waals surface area contributed by atoms with Gasteiger partial charge in [0.1, 0.15) is 0 Å². The first-order valence-corrected chi connectivity index (χ1v) is 4.49. The van der Waals surface area contributed by atoms with E-state index in [1.54, 1.807) is 0 Å². The zero-order valence-corrected chi connectivity index (χ0v) is 7.83. The van der Waals surface area contributed by atoms with Crippen molar-refractivity contribution in [2.45, 2.75) is 26.4 Å². The van der Waals surface area contributed by atoms with Gasteiger partial charge in [0, 0.05) is 0 Å². The van der Waals surface area contributed by atoms with Crippen molar-refractivity contribution >= 4 is 0 Å². The van der Waals surface area contributed by atoms with E-state index >= 15 is 0 Å². The number of rotatable bonds is 1. The van der Waals surface area contributed by atoms with Crippen LogP contribution in [0.5, 0.6) is 0 Å². The molecule has 1 aliphatic carbocycles. The second-order valence-corrected chi connectivity index (χ2v) is 3.69. The normalized spacial score (nSPS) is 30.2. The first-order chi connectivity index (χ1) is 5.61. The van der Waals surface area contributed by atoms with E-state index in [2.05, 4.69) is 26.0 Å². The maximum absolute atomic E-state index is 5.62. The summed E-state index contributed by atoms with van der Waals surface area (Å²) in [6.07, 6.45) is 7.05. The van der Waals surface area contributed by atoms with Crippen molar-refractivity contribution in [1.82, 2.24) is 0 Å². The van der Waals surface area contributed by atoms with Crippen LogP contribution in [0.3, 0.4) is 0 Å². The summed E-state index contributed by atoms with van der Waals surface area (Å²) < 4.78 is 0. The quantitative estimate of drug-likeness (QED) is 0.578. The van der Waals surface area contributed by atoms with Gasteiger partial charge in [0.25, 0.3) is 0 Å². The van der Waals surface area contributed by atoms with E-state index in [0.29, 0.717) is 11.8 Å². The molecule has 1 rings (SSSR count). The first kappa shape index (κ1) is 9.49. The molecule has 2 nitrogen and oxygen atoms in total. The van der Waals surface area contributed by atoms with Gasteiger partial charge >= 0.3 is 0 Å². The Kier molecular flexibility index (Phi) is 3.06. The molecule has 0 fully saturated rings. The molecule has 0 saturated carbocycles. The molecule has 0 radical (unpaired) electrons. The maximum atomic E-state index is 5.62. The molecule has 0 aromatic carbocycles. The lowest BCUT2D eigenvalue weighted by atomic mass is 9.90. The fourth-order valence-corrected chi connectivity index (χ4v) is 1.42. The fourth-order valence-electron chi connectivity index (χ4n) is 1.42. The van der Waals surface area contributed by atoms with Gasteiger partial charge < -0.3 is 11.5 Å². The van der Waals surface area contributed by atoms with E-state index in [4.69, 9.17) is 11.5 Å². The second kappa shape index (κ2) is 3.87. The van der Waals surface area contributed by atoms with Crippen LogP contribution in [-0.4, -0.2) is 6.17 Å². The van der Waals surface area contributed by atoms with Gasteiger partial charge in [0.05, 0.1) is 6.17 Å². The standard InChI is InChI=1S/C10H18N2/c1-7-4-3-5-9(10(11)12)6-8(7)2/h3-5,7-8,10H,6,11-12H2,1-2H3/t7?,8-/m1/s1. The predicted molar refractivity (Wildman–Crippen MR) is 52.3 cm³/mol. The molecule has 0 heterocycles. The van der Waals surface area contributed by atoms with Gasteiger partial charge in [-0.15, -0.1) is 0 Å². The van der Waals surface area contributed by atoms with Crippen molar-refractivity contribution in [2.75, 3.05) is 0 Å². The highest BCUT2D eigenvalue weighted by atomic mass is 14.8. The third-order valence-electron chi connectivity index (χ3n) is 2.61. The van der Waals surface area contributed by atoms with Gasteiger partial charge in [0.2, 0.25) is 0 Å². The molecule has 68 valence electrons. The average Bonchev–Trinajstić information content (AvgIpc) is 2.15. The molecule has 4 N–H and O–H groups in total. The van der Waals surface area contributed by atoms with E-state index in [9.17, 15) is 0 Å². The molecule has 1 unspecified atom stereocenters. The molecule has 0 aromatic heterocycles. The van der Waals surface area contributed by atoms with Crippen LogP contribution in [-0.2, 0) is 0 Å². The van der Waals surface area contributed by atoms with E-state index in [1.807, 2.05) is 6.08 Å². The molecule has 12 heavy (non-hydrogen) atoms. The minimum atomic E-state index is -0.289. The van der Waals surface area contributed by atoms with Crippen molar-refractivity contribution in [3.8, 4) is 0 Å². The largest absolute Gasteiger partial charge is 0.313 e. The van der Waals surface area contributed by atoms with Crippen molar-refractivity contribution in [2.24, 2.45) is 23.3 Å². The maximum Gasteiger partial charge on any atom is 0.0746 e. The van der Waals surface area contributed by atoms with Gasteiger partial charge in [-0.2, -0.15) is 0 Å². The summed E-state index contributed by atoms with van der Waals surface area (Å²) in [5, 5.41) is 0. The molecule has 0 spiro atoms. The number of hydrogen-bond acceptors (Lipinski definition) is 2. The van der Waals surface area contributed by atoms with Crippen LogP contribution in [0.25, 0.3) is 0 Å². The molecule has 0 aromatic rings. The molecule has 0 bridgehead atoms.